The number of ether oxygens (including phenoxy) is 1. The number of hydrogen-bond donors (Lipinski definition) is 1. The summed E-state index contributed by atoms with van der Waals surface area (Å²) in [5.41, 5.74) is 4.11. The summed E-state index contributed by atoms with van der Waals surface area (Å²) in [7, 11) is 3.14. The number of fused-ring (bicyclic) bond motifs is 5. The van der Waals surface area contributed by atoms with Crippen molar-refractivity contribution in [3.05, 3.63) is 58.7 Å². The molecule has 2 aromatic rings. The van der Waals surface area contributed by atoms with Crippen LogP contribution in [0.15, 0.2) is 40.6 Å². The number of aromatic hydroxyl groups is 1. The topological polar surface area (TPSA) is 72.6 Å². The Bertz CT molecular complexity index is 1180. The van der Waals surface area contributed by atoms with Gasteiger partial charge in [0.2, 0.25) is 0 Å². The maximum Gasteiger partial charge on any atom is 0.160 e. The van der Waals surface area contributed by atoms with E-state index in [2.05, 4.69) is 17.2 Å². The van der Waals surface area contributed by atoms with Gasteiger partial charge in [-0.05, 0) is 85.3 Å². The molecule has 186 valence electrons. The average Bonchev–Trinajstić information content (AvgIpc) is 3.15. The van der Waals surface area contributed by atoms with Crippen LogP contribution in [0.4, 0.5) is 8.78 Å². The summed E-state index contributed by atoms with van der Waals surface area (Å²) in [6.45, 7) is 2.23. The van der Waals surface area contributed by atoms with Crippen molar-refractivity contribution < 1.29 is 28.3 Å². The van der Waals surface area contributed by atoms with Gasteiger partial charge >= 0.3 is 0 Å². The molecule has 0 saturated heterocycles. The van der Waals surface area contributed by atoms with Gasteiger partial charge in [-0.2, -0.15) is 0 Å². The fraction of sp³-hybridized carbons (Fsp3) is 0.481. The van der Waals surface area contributed by atoms with Gasteiger partial charge in [-0.15, -0.1) is 0 Å². The van der Waals surface area contributed by atoms with Crippen molar-refractivity contribution in [3.8, 4) is 11.5 Å². The van der Waals surface area contributed by atoms with Gasteiger partial charge in [-0.25, -0.2) is 8.78 Å². The maximum atomic E-state index is 13.6. The fourth-order valence-electron chi connectivity index (χ4n) is 6.61. The van der Waals surface area contributed by atoms with Crippen LogP contribution in [-0.4, -0.2) is 30.7 Å². The number of rotatable bonds is 5. The average molecular weight is 485 g/mol. The van der Waals surface area contributed by atoms with E-state index < -0.39 is 11.6 Å². The Kier molecular flexibility index (Phi) is 6.15. The Morgan fingerprint density at radius 2 is 1.83 bits per heavy atom. The Balaban J connectivity index is 1.50. The highest BCUT2D eigenvalue weighted by atomic mass is 19.1. The molecule has 4 atom stereocenters. The third kappa shape index (κ3) is 4.13. The fourth-order valence-corrected chi connectivity index (χ4v) is 6.61. The second kappa shape index (κ2) is 9.13. The number of halogens is 2. The molecule has 3 aliphatic rings. The molecule has 2 aromatic carbocycles. The van der Waals surface area contributed by atoms with E-state index in [1.165, 1.54) is 12.1 Å². The number of nitrogens with zero attached hydrogens (tertiary/aromatic N) is 2. The third-order valence-corrected chi connectivity index (χ3v) is 8.20. The van der Waals surface area contributed by atoms with Crippen LogP contribution in [0.25, 0.3) is 0 Å². The first-order valence-corrected chi connectivity index (χ1v) is 12.0. The molecule has 2 fully saturated rings. The third-order valence-electron chi connectivity index (χ3n) is 8.20. The molecule has 0 aliphatic heterocycles. The highest BCUT2D eigenvalue weighted by Crippen LogP contribution is 2.60. The van der Waals surface area contributed by atoms with Crippen molar-refractivity contribution in [3.63, 3.8) is 0 Å². The van der Waals surface area contributed by atoms with Crippen LogP contribution >= 0.6 is 0 Å². The van der Waals surface area contributed by atoms with Crippen LogP contribution in [0.3, 0.4) is 0 Å². The van der Waals surface area contributed by atoms with Gasteiger partial charge in [0.1, 0.15) is 25.4 Å². The molecule has 5 rings (SSSR count). The molecule has 2 saturated carbocycles. The number of hydrogen-bond acceptors (Lipinski definition) is 6. The minimum absolute atomic E-state index is 0.0270. The molecular formula is C27H30F2N2O4. The van der Waals surface area contributed by atoms with Crippen LogP contribution in [0.1, 0.15) is 61.6 Å². The Labute approximate surface area is 203 Å². The smallest absolute Gasteiger partial charge is 0.160 e. The van der Waals surface area contributed by atoms with Gasteiger partial charge in [0, 0.05) is 17.0 Å². The molecule has 8 heteroatoms. The van der Waals surface area contributed by atoms with E-state index in [9.17, 15) is 13.9 Å². The number of phenolic OH excluding ortho intramolecular Hbond substituents is 1. The van der Waals surface area contributed by atoms with Crippen LogP contribution in [0, 0.1) is 28.9 Å². The van der Waals surface area contributed by atoms with E-state index in [0.29, 0.717) is 35.5 Å². The van der Waals surface area contributed by atoms with Gasteiger partial charge in [-0.3, -0.25) is 0 Å². The minimum atomic E-state index is -0.657. The van der Waals surface area contributed by atoms with Crippen LogP contribution in [0.2, 0.25) is 0 Å². The normalized spacial score (nSPS) is 29.5. The van der Waals surface area contributed by atoms with Crippen LogP contribution in [-0.2, 0) is 16.3 Å². The summed E-state index contributed by atoms with van der Waals surface area (Å²) in [6.07, 6.45) is 4.62. The Morgan fingerprint density at radius 3 is 2.54 bits per heavy atom. The van der Waals surface area contributed by atoms with Crippen molar-refractivity contribution >= 4 is 11.4 Å². The predicted molar refractivity (Wildman–Crippen MR) is 128 cm³/mol. The predicted octanol–water partition coefficient (Wildman–Crippen LogP) is 5.92. The molecule has 0 aromatic heterocycles. The number of methoxy groups -OCH3 is 1. The maximum absolute atomic E-state index is 13.6. The van der Waals surface area contributed by atoms with Crippen LogP contribution in [0.5, 0.6) is 11.5 Å². The van der Waals surface area contributed by atoms with E-state index in [0.717, 1.165) is 54.3 Å². The zero-order chi connectivity index (χ0) is 24.7. The van der Waals surface area contributed by atoms with E-state index in [-0.39, 0.29) is 17.8 Å². The quantitative estimate of drug-likeness (QED) is 0.535. The first kappa shape index (κ1) is 23.6. The van der Waals surface area contributed by atoms with Crippen LogP contribution < -0.4 is 4.74 Å². The lowest BCUT2D eigenvalue weighted by molar-refractivity contribution is 0.101. The highest BCUT2D eigenvalue weighted by Gasteiger charge is 2.54. The monoisotopic (exact) mass is 484 g/mol. The van der Waals surface area contributed by atoms with Crippen molar-refractivity contribution in [2.45, 2.75) is 51.6 Å². The summed E-state index contributed by atoms with van der Waals surface area (Å²) in [4.78, 5) is 10.8. The summed E-state index contributed by atoms with van der Waals surface area (Å²) < 4.78 is 32.5. The van der Waals surface area contributed by atoms with E-state index in [1.807, 2.05) is 6.07 Å². The summed E-state index contributed by atoms with van der Waals surface area (Å²) in [6, 6.07) is 6.89. The van der Waals surface area contributed by atoms with Crippen molar-refractivity contribution in [2.24, 2.45) is 27.6 Å². The second-order valence-electron chi connectivity index (χ2n) is 10.00. The summed E-state index contributed by atoms with van der Waals surface area (Å²) >= 11 is 0. The first-order chi connectivity index (χ1) is 16.8. The Morgan fingerprint density at radius 1 is 1.06 bits per heavy atom. The van der Waals surface area contributed by atoms with E-state index in [1.54, 1.807) is 20.3 Å². The summed E-state index contributed by atoms with van der Waals surface area (Å²) in [5, 5.41) is 19.3. The zero-order valence-electron chi connectivity index (χ0n) is 20.2. The minimum Gasteiger partial charge on any atom is -0.504 e. The summed E-state index contributed by atoms with van der Waals surface area (Å²) in [5.74, 6) is 0.183. The molecule has 0 radical (unpaired) electrons. The largest absolute Gasteiger partial charge is 0.504 e. The second-order valence-corrected chi connectivity index (χ2v) is 10.00. The first-order valence-electron chi connectivity index (χ1n) is 12.0. The molecule has 3 aliphatic carbocycles. The lowest BCUT2D eigenvalue weighted by Crippen LogP contribution is -2.43. The number of phenols is 1. The molecule has 0 spiro atoms. The van der Waals surface area contributed by atoms with Gasteiger partial charge in [0.15, 0.2) is 11.5 Å². The molecule has 0 bridgehead atoms. The van der Waals surface area contributed by atoms with E-state index >= 15 is 0 Å². The molecule has 1 N–H and O–H groups in total. The molecule has 0 heterocycles. The lowest BCUT2D eigenvalue weighted by atomic mass is 9.55. The molecular weight excluding hydrogens is 454 g/mol. The van der Waals surface area contributed by atoms with Crippen molar-refractivity contribution in [1.29, 1.82) is 0 Å². The number of benzene rings is 2. The SMILES string of the molecule is CO/N=C1\CC[C@H]2[C@@H]3C/C(=N\OCc4cc(F)cc(F)c4)c4cc(O)c(OC)cc4[C@H]3CC[C@]12C. The Hall–Kier alpha value is -3.16. The standard InChI is InChI=1S/C27H30F2N2O4/c1-27-7-6-18-19-13-25(33-2)24(32)12-21(19)23(11-20(18)22(27)4-5-26(27)31-34-3)30-35-14-15-8-16(28)10-17(29)9-15/h8-10,12-13,18,20,22,32H,4-7,11,14H2,1-3H3/b30-23+,31-26+/t18-,20-,22+,27+/m1/s1. The van der Waals surface area contributed by atoms with Crippen molar-refractivity contribution in [1.82, 2.24) is 0 Å². The lowest BCUT2D eigenvalue weighted by Gasteiger charge is -2.49. The van der Waals surface area contributed by atoms with E-state index in [4.69, 9.17) is 14.4 Å². The highest BCUT2D eigenvalue weighted by molar-refractivity contribution is 6.04. The molecule has 6 nitrogen and oxygen atoms in total. The van der Waals surface area contributed by atoms with Gasteiger partial charge in [0.25, 0.3) is 0 Å². The zero-order valence-corrected chi connectivity index (χ0v) is 20.2. The molecule has 0 unspecified atom stereocenters. The van der Waals surface area contributed by atoms with Gasteiger partial charge in [-0.1, -0.05) is 17.2 Å². The van der Waals surface area contributed by atoms with Gasteiger partial charge < -0.3 is 19.5 Å². The van der Waals surface area contributed by atoms with Gasteiger partial charge in [0.05, 0.1) is 18.5 Å². The molecule has 35 heavy (non-hydrogen) atoms. The van der Waals surface area contributed by atoms with Crippen molar-refractivity contribution in [2.75, 3.05) is 14.2 Å². The molecule has 0 amide bonds. The number of oxime groups is 2.